The van der Waals surface area contributed by atoms with E-state index in [9.17, 15) is 24.9 Å². The first-order valence-electron chi connectivity index (χ1n) is 9.46. The van der Waals surface area contributed by atoms with Crippen LogP contribution in [0.4, 0.5) is 0 Å². The van der Waals surface area contributed by atoms with Gasteiger partial charge in [-0.05, 0) is 12.3 Å². The molecule has 1 aliphatic rings. The molecule has 1 aliphatic heterocycles. The van der Waals surface area contributed by atoms with E-state index < -0.39 is 36.6 Å². The van der Waals surface area contributed by atoms with E-state index >= 15 is 0 Å². The number of rotatable bonds is 11. The van der Waals surface area contributed by atoms with Crippen molar-refractivity contribution in [3.8, 4) is 0 Å². The molecule has 1 fully saturated rings. The molecular weight excluding hydrogens is 342 g/mol. The second kappa shape index (κ2) is 11.5. The highest BCUT2D eigenvalue weighted by atomic mass is 16.6. The average Bonchev–Trinajstić information content (AvgIpc) is 2.56. The molecule has 1 heterocycles. The first-order valence-corrected chi connectivity index (χ1v) is 9.46. The number of hydrogen-bond acceptors (Lipinski definition) is 6. The number of nitrogens with one attached hydrogen (secondary N) is 1. The normalized spacial score (nSPS) is 28.9. The summed E-state index contributed by atoms with van der Waals surface area (Å²) in [5, 5.41) is 40.7. The lowest BCUT2D eigenvalue weighted by molar-refractivity contribution is -0.249. The molecule has 1 rings (SSSR count). The molecule has 0 bridgehead atoms. The fourth-order valence-electron chi connectivity index (χ4n) is 3.04. The molecule has 0 spiro atoms. The van der Waals surface area contributed by atoms with Crippen molar-refractivity contribution >= 4 is 11.9 Å². The lowest BCUT2D eigenvalue weighted by Crippen LogP contribution is -2.64. The zero-order valence-electron chi connectivity index (χ0n) is 15.6. The Hall–Kier alpha value is -1.22. The maximum Gasteiger partial charge on any atom is 0.335 e. The van der Waals surface area contributed by atoms with Gasteiger partial charge in [0.25, 0.3) is 0 Å². The molecule has 0 saturated carbocycles. The van der Waals surface area contributed by atoms with Crippen LogP contribution in [0.15, 0.2) is 0 Å². The summed E-state index contributed by atoms with van der Waals surface area (Å²) >= 11 is 0. The van der Waals surface area contributed by atoms with Crippen molar-refractivity contribution in [3.05, 3.63) is 0 Å². The van der Waals surface area contributed by atoms with Crippen LogP contribution in [0.1, 0.15) is 65.2 Å². The number of unbranched alkanes of at least 4 members (excludes halogenated alkanes) is 5. The van der Waals surface area contributed by atoms with Gasteiger partial charge in [0.2, 0.25) is 5.91 Å². The number of carbonyl (C=O) groups is 2. The molecule has 26 heavy (non-hydrogen) atoms. The van der Waals surface area contributed by atoms with E-state index in [1.165, 1.54) is 19.3 Å². The summed E-state index contributed by atoms with van der Waals surface area (Å²) in [6.07, 6.45) is 0.944. The minimum Gasteiger partial charge on any atom is -0.479 e. The van der Waals surface area contributed by atoms with Gasteiger partial charge >= 0.3 is 5.97 Å². The van der Waals surface area contributed by atoms with Gasteiger partial charge in [-0.1, -0.05) is 52.4 Å². The van der Waals surface area contributed by atoms with Crippen LogP contribution < -0.4 is 5.32 Å². The van der Waals surface area contributed by atoms with Crippen molar-refractivity contribution in [2.24, 2.45) is 5.92 Å². The lowest BCUT2D eigenvalue weighted by atomic mass is 9.96. The van der Waals surface area contributed by atoms with Gasteiger partial charge < -0.3 is 30.5 Å². The fraction of sp³-hybridized carbons (Fsp3) is 0.889. The molecule has 1 amide bonds. The van der Waals surface area contributed by atoms with Crippen LogP contribution in [0.5, 0.6) is 0 Å². The van der Waals surface area contributed by atoms with E-state index in [0.717, 1.165) is 25.2 Å². The smallest absolute Gasteiger partial charge is 0.335 e. The number of carbonyl (C=O) groups excluding carboxylic acids is 1. The maximum absolute atomic E-state index is 11.9. The number of aliphatic hydroxyl groups excluding tert-OH is 3. The highest BCUT2D eigenvalue weighted by molar-refractivity contribution is 5.76. The summed E-state index contributed by atoms with van der Waals surface area (Å²) in [6.45, 7) is 4.43. The Labute approximate surface area is 154 Å². The summed E-state index contributed by atoms with van der Waals surface area (Å²) in [5.41, 5.74) is 0. The molecule has 0 aromatic rings. The molecule has 0 aromatic carbocycles. The number of hydrogen-bond donors (Lipinski definition) is 5. The predicted octanol–water partition coefficient (Wildman–Crippen LogP) is 0.772. The molecule has 5 atom stereocenters. The van der Waals surface area contributed by atoms with Crippen molar-refractivity contribution in [1.29, 1.82) is 0 Å². The Morgan fingerprint density at radius 2 is 1.54 bits per heavy atom. The molecule has 5 N–H and O–H groups in total. The first-order chi connectivity index (χ1) is 12.2. The monoisotopic (exact) mass is 375 g/mol. The van der Waals surface area contributed by atoms with Gasteiger partial charge in [-0.15, -0.1) is 0 Å². The molecule has 0 aromatic heterocycles. The van der Waals surface area contributed by atoms with Gasteiger partial charge in [-0.3, -0.25) is 4.79 Å². The number of amides is 1. The molecule has 0 unspecified atom stereocenters. The molecule has 8 nitrogen and oxygen atoms in total. The largest absolute Gasteiger partial charge is 0.479 e. The molecule has 1 saturated heterocycles. The third kappa shape index (κ3) is 7.57. The zero-order chi connectivity index (χ0) is 19.7. The van der Waals surface area contributed by atoms with Gasteiger partial charge in [0.05, 0.1) is 0 Å². The van der Waals surface area contributed by atoms with E-state index in [1.807, 2.05) is 0 Å². The second-order valence-electron chi connectivity index (χ2n) is 7.41. The van der Waals surface area contributed by atoms with Crippen molar-refractivity contribution in [2.75, 3.05) is 0 Å². The quantitative estimate of drug-likeness (QED) is 0.336. The second-order valence-corrected chi connectivity index (χ2v) is 7.41. The molecule has 152 valence electrons. The highest BCUT2D eigenvalue weighted by Crippen LogP contribution is 2.20. The van der Waals surface area contributed by atoms with Crippen LogP contribution in [0, 0.1) is 5.92 Å². The highest BCUT2D eigenvalue weighted by Gasteiger charge is 2.47. The number of aliphatic carboxylic acids is 1. The fourth-order valence-corrected chi connectivity index (χ4v) is 3.04. The standard InChI is InChI=1S/C18H33NO7/c1-11(2)9-7-5-3-4-6-8-10-12(20)19-13-14(21)15(22)16(17(23)24)26-18(13)25/h11,13-16,18,21-22,25H,3-10H2,1-2H3,(H,19,20)(H,23,24)/t13-,14-,15-,16-,18+/m0/s1. The third-order valence-corrected chi connectivity index (χ3v) is 4.63. The molecule has 0 aliphatic carbocycles. The minimum atomic E-state index is -1.73. The number of ether oxygens (including phenoxy) is 1. The van der Waals surface area contributed by atoms with E-state index in [1.54, 1.807) is 0 Å². The van der Waals surface area contributed by atoms with Crippen LogP contribution in [-0.4, -0.2) is 62.9 Å². The maximum atomic E-state index is 11.9. The minimum absolute atomic E-state index is 0.236. The van der Waals surface area contributed by atoms with Gasteiger partial charge in [0.15, 0.2) is 12.4 Å². The van der Waals surface area contributed by atoms with Crippen molar-refractivity contribution in [2.45, 2.75) is 95.9 Å². The van der Waals surface area contributed by atoms with Crippen LogP contribution in [0.3, 0.4) is 0 Å². The molecule has 8 heteroatoms. The van der Waals surface area contributed by atoms with E-state index in [4.69, 9.17) is 9.84 Å². The Kier molecular flexibility index (Phi) is 10.1. The third-order valence-electron chi connectivity index (χ3n) is 4.63. The Bertz CT molecular complexity index is 443. The lowest BCUT2D eigenvalue weighted by Gasteiger charge is -2.39. The summed E-state index contributed by atoms with van der Waals surface area (Å²) in [4.78, 5) is 22.8. The summed E-state index contributed by atoms with van der Waals surface area (Å²) in [5.74, 6) is -1.14. The van der Waals surface area contributed by atoms with Crippen LogP contribution in [0.2, 0.25) is 0 Å². The van der Waals surface area contributed by atoms with Crippen LogP contribution in [-0.2, 0) is 14.3 Å². The zero-order valence-corrected chi connectivity index (χ0v) is 15.6. The molecule has 0 radical (unpaired) electrons. The van der Waals surface area contributed by atoms with Crippen LogP contribution >= 0.6 is 0 Å². The Balaban J connectivity index is 2.23. The summed E-state index contributed by atoms with van der Waals surface area (Å²) < 4.78 is 4.77. The van der Waals surface area contributed by atoms with E-state index in [-0.39, 0.29) is 12.3 Å². The number of aliphatic hydroxyl groups is 3. The predicted molar refractivity (Wildman–Crippen MR) is 94.2 cm³/mol. The number of carboxylic acid groups (broad SMARTS) is 1. The van der Waals surface area contributed by atoms with Crippen molar-refractivity contribution in [3.63, 3.8) is 0 Å². The van der Waals surface area contributed by atoms with Crippen LogP contribution in [0.25, 0.3) is 0 Å². The molecular formula is C18H33NO7. The summed E-state index contributed by atoms with van der Waals surface area (Å²) in [7, 11) is 0. The van der Waals surface area contributed by atoms with Gasteiger partial charge in [0, 0.05) is 6.42 Å². The average molecular weight is 375 g/mol. The Morgan fingerprint density at radius 1 is 0.962 bits per heavy atom. The summed E-state index contributed by atoms with van der Waals surface area (Å²) in [6, 6.07) is -1.26. The first kappa shape index (κ1) is 22.8. The van der Waals surface area contributed by atoms with Crippen molar-refractivity contribution in [1.82, 2.24) is 5.32 Å². The topological polar surface area (TPSA) is 136 Å². The van der Waals surface area contributed by atoms with Gasteiger partial charge in [0.1, 0.15) is 18.2 Å². The van der Waals surface area contributed by atoms with E-state index in [0.29, 0.717) is 6.42 Å². The van der Waals surface area contributed by atoms with Gasteiger partial charge in [-0.2, -0.15) is 0 Å². The number of carboxylic acids is 1. The van der Waals surface area contributed by atoms with E-state index in [2.05, 4.69) is 19.2 Å². The Morgan fingerprint density at radius 3 is 2.12 bits per heavy atom. The SMILES string of the molecule is CC(C)CCCCCCCCC(=O)N[C@H]1[C@H](O)[C@H](O)[C@@H](C(=O)O)O[C@H]1O. The van der Waals surface area contributed by atoms with Gasteiger partial charge in [-0.25, -0.2) is 4.79 Å². The van der Waals surface area contributed by atoms with Crippen molar-refractivity contribution < 1.29 is 34.8 Å².